The molecule has 1 aliphatic rings. The normalized spacial score (nSPS) is 13.6. The second kappa shape index (κ2) is 7.67. The largest absolute Gasteiger partial charge is 0.332 e. The molecule has 7 nitrogen and oxygen atoms in total. The Balaban J connectivity index is 1.71. The predicted octanol–water partition coefficient (Wildman–Crippen LogP) is 3.76. The highest BCUT2D eigenvalue weighted by molar-refractivity contribution is 6.30. The monoisotopic (exact) mass is 449 g/mol. The standard InChI is InChI=1S/C24H24ClN5O2/c1-15-10-16(2)12-19(11-15)28-8-5-9-29-20-21(26-23(28)29)27(3)24(32)30(22(20)31)14-17-6-4-7-18(25)13-17/h4,6-7,10-13H,5,8-9,14H2,1-3H3. The molecule has 0 saturated carbocycles. The molecule has 1 aliphatic heterocycles. The molecular formula is C24H24ClN5O2. The van der Waals surface area contributed by atoms with E-state index in [1.54, 1.807) is 19.2 Å². The number of nitrogens with zero attached hydrogens (tertiary/aromatic N) is 5. The van der Waals surface area contributed by atoms with Gasteiger partial charge >= 0.3 is 5.69 Å². The van der Waals surface area contributed by atoms with E-state index in [4.69, 9.17) is 16.6 Å². The van der Waals surface area contributed by atoms with Crippen LogP contribution in [-0.4, -0.2) is 25.2 Å². The number of halogens is 1. The summed E-state index contributed by atoms with van der Waals surface area (Å²) in [5.41, 5.74) is 4.33. The van der Waals surface area contributed by atoms with E-state index in [0.717, 1.165) is 24.2 Å². The fourth-order valence-electron chi connectivity index (χ4n) is 4.57. The lowest BCUT2D eigenvalue weighted by Gasteiger charge is -2.29. The van der Waals surface area contributed by atoms with Crippen molar-refractivity contribution in [2.75, 3.05) is 11.4 Å². The summed E-state index contributed by atoms with van der Waals surface area (Å²) in [7, 11) is 1.67. The Morgan fingerprint density at radius 1 is 1.03 bits per heavy atom. The molecule has 2 aromatic heterocycles. The van der Waals surface area contributed by atoms with E-state index < -0.39 is 5.69 Å². The Hall–Kier alpha value is -3.32. The molecule has 0 fully saturated rings. The van der Waals surface area contributed by atoms with Crippen LogP contribution in [0.3, 0.4) is 0 Å². The van der Waals surface area contributed by atoms with Gasteiger partial charge in [-0.2, -0.15) is 4.98 Å². The van der Waals surface area contributed by atoms with E-state index in [1.165, 1.54) is 20.3 Å². The molecule has 0 aliphatic carbocycles. The Labute approximate surface area is 190 Å². The molecule has 32 heavy (non-hydrogen) atoms. The van der Waals surface area contributed by atoms with Crippen LogP contribution in [0.1, 0.15) is 23.1 Å². The summed E-state index contributed by atoms with van der Waals surface area (Å²) in [5, 5.41) is 0.569. The molecule has 0 atom stereocenters. The molecule has 0 saturated heterocycles. The minimum absolute atomic E-state index is 0.156. The van der Waals surface area contributed by atoms with E-state index in [9.17, 15) is 9.59 Å². The first-order valence-corrected chi connectivity index (χ1v) is 11.0. The minimum Gasteiger partial charge on any atom is -0.312 e. The van der Waals surface area contributed by atoms with Gasteiger partial charge in [-0.3, -0.25) is 13.9 Å². The van der Waals surface area contributed by atoms with Crippen molar-refractivity contribution in [2.45, 2.75) is 33.4 Å². The highest BCUT2D eigenvalue weighted by atomic mass is 35.5. The molecule has 0 unspecified atom stereocenters. The van der Waals surface area contributed by atoms with Gasteiger partial charge in [0.15, 0.2) is 11.2 Å². The zero-order valence-corrected chi connectivity index (χ0v) is 19.1. The van der Waals surface area contributed by atoms with Crippen LogP contribution in [0.4, 0.5) is 11.6 Å². The maximum absolute atomic E-state index is 13.5. The average Bonchev–Trinajstić information content (AvgIpc) is 3.14. The molecule has 2 aromatic carbocycles. The van der Waals surface area contributed by atoms with Crippen molar-refractivity contribution in [3.05, 3.63) is 85.0 Å². The first-order valence-electron chi connectivity index (χ1n) is 10.6. The van der Waals surface area contributed by atoms with Gasteiger partial charge in [-0.25, -0.2) is 4.79 Å². The van der Waals surface area contributed by atoms with Crippen LogP contribution in [0, 0.1) is 13.8 Å². The lowest BCUT2D eigenvalue weighted by atomic mass is 10.1. The number of imidazole rings is 1. The summed E-state index contributed by atoms with van der Waals surface area (Å²) in [6, 6.07) is 13.6. The van der Waals surface area contributed by atoms with Crippen LogP contribution in [-0.2, 0) is 20.1 Å². The molecule has 0 amide bonds. The number of rotatable bonds is 3. The van der Waals surface area contributed by atoms with E-state index >= 15 is 0 Å². The average molecular weight is 450 g/mol. The van der Waals surface area contributed by atoms with Gasteiger partial charge in [0.05, 0.1) is 6.54 Å². The summed E-state index contributed by atoms with van der Waals surface area (Å²) < 4.78 is 4.68. The van der Waals surface area contributed by atoms with Crippen molar-refractivity contribution in [2.24, 2.45) is 7.05 Å². The van der Waals surface area contributed by atoms with Gasteiger partial charge in [-0.05, 0) is 61.2 Å². The van der Waals surface area contributed by atoms with Gasteiger partial charge in [0.25, 0.3) is 5.56 Å². The molecule has 164 valence electrons. The Morgan fingerprint density at radius 3 is 2.50 bits per heavy atom. The molecule has 8 heteroatoms. The zero-order chi connectivity index (χ0) is 22.6. The highest BCUT2D eigenvalue weighted by Gasteiger charge is 2.27. The number of hydrogen-bond donors (Lipinski definition) is 0. The topological polar surface area (TPSA) is 65.1 Å². The smallest absolute Gasteiger partial charge is 0.312 e. The third-order valence-corrected chi connectivity index (χ3v) is 6.20. The van der Waals surface area contributed by atoms with Crippen LogP contribution < -0.4 is 16.1 Å². The summed E-state index contributed by atoms with van der Waals surface area (Å²) in [4.78, 5) is 33.5. The lowest BCUT2D eigenvalue weighted by molar-refractivity contribution is 0.597. The van der Waals surface area contributed by atoms with Crippen molar-refractivity contribution in [3.8, 4) is 0 Å². The van der Waals surface area contributed by atoms with Crippen LogP contribution in [0.15, 0.2) is 52.1 Å². The lowest BCUT2D eigenvalue weighted by Crippen LogP contribution is -2.40. The van der Waals surface area contributed by atoms with E-state index in [1.807, 2.05) is 16.7 Å². The number of aryl methyl sites for hydroxylation is 4. The SMILES string of the molecule is Cc1cc(C)cc(N2CCCn3c2nc2c3c(=O)n(Cc3cccc(Cl)c3)c(=O)n2C)c1. The molecule has 0 radical (unpaired) electrons. The van der Waals surface area contributed by atoms with Gasteiger partial charge in [0, 0.05) is 30.8 Å². The summed E-state index contributed by atoms with van der Waals surface area (Å²) in [5.74, 6) is 0.698. The summed E-state index contributed by atoms with van der Waals surface area (Å²) in [6.07, 6.45) is 0.877. The summed E-state index contributed by atoms with van der Waals surface area (Å²) in [6.45, 7) is 5.78. The van der Waals surface area contributed by atoms with E-state index in [2.05, 4.69) is 36.9 Å². The van der Waals surface area contributed by atoms with Gasteiger partial charge < -0.3 is 9.47 Å². The van der Waals surface area contributed by atoms with Gasteiger partial charge in [-0.15, -0.1) is 0 Å². The second-order valence-corrected chi connectivity index (χ2v) is 8.89. The van der Waals surface area contributed by atoms with Crippen molar-refractivity contribution >= 4 is 34.4 Å². The molecular weight excluding hydrogens is 426 g/mol. The van der Waals surface area contributed by atoms with Gasteiger partial charge in [0.2, 0.25) is 5.95 Å². The number of aromatic nitrogens is 4. The number of anilines is 2. The van der Waals surface area contributed by atoms with Crippen LogP contribution in [0.25, 0.3) is 11.2 Å². The number of benzene rings is 2. The van der Waals surface area contributed by atoms with Crippen LogP contribution in [0.5, 0.6) is 0 Å². The maximum Gasteiger partial charge on any atom is 0.332 e. The van der Waals surface area contributed by atoms with Crippen molar-refractivity contribution in [1.29, 1.82) is 0 Å². The molecule has 4 aromatic rings. The molecule has 0 spiro atoms. The maximum atomic E-state index is 13.5. The summed E-state index contributed by atoms with van der Waals surface area (Å²) >= 11 is 6.10. The quantitative estimate of drug-likeness (QED) is 0.477. The fraction of sp³-hybridized carbons (Fsp3) is 0.292. The van der Waals surface area contributed by atoms with E-state index in [-0.39, 0.29) is 12.1 Å². The second-order valence-electron chi connectivity index (χ2n) is 8.45. The molecule has 3 heterocycles. The highest BCUT2D eigenvalue weighted by Crippen LogP contribution is 2.32. The van der Waals surface area contributed by atoms with Gasteiger partial charge in [0.1, 0.15) is 0 Å². The number of hydrogen-bond acceptors (Lipinski definition) is 4. The Morgan fingerprint density at radius 2 is 1.78 bits per heavy atom. The molecule has 0 N–H and O–H groups in total. The first kappa shape index (κ1) is 20.6. The van der Waals surface area contributed by atoms with Crippen molar-refractivity contribution in [3.63, 3.8) is 0 Å². The van der Waals surface area contributed by atoms with E-state index in [0.29, 0.717) is 28.7 Å². The number of fused-ring (bicyclic) bond motifs is 3. The predicted molar refractivity (Wildman–Crippen MR) is 127 cm³/mol. The van der Waals surface area contributed by atoms with Crippen molar-refractivity contribution < 1.29 is 0 Å². The molecule has 0 bridgehead atoms. The Kier molecular flexibility index (Phi) is 4.93. The molecule has 5 rings (SSSR count). The van der Waals surface area contributed by atoms with Gasteiger partial charge in [-0.1, -0.05) is 29.8 Å². The zero-order valence-electron chi connectivity index (χ0n) is 18.3. The van der Waals surface area contributed by atoms with Crippen LogP contribution >= 0.6 is 11.6 Å². The minimum atomic E-state index is -0.393. The van der Waals surface area contributed by atoms with Crippen LogP contribution in [0.2, 0.25) is 5.02 Å². The first-order chi connectivity index (χ1) is 15.3. The Bertz CT molecular complexity index is 1460. The third kappa shape index (κ3) is 3.33. The fourth-order valence-corrected chi connectivity index (χ4v) is 4.79. The van der Waals surface area contributed by atoms with Crippen molar-refractivity contribution in [1.82, 2.24) is 18.7 Å². The third-order valence-electron chi connectivity index (χ3n) is 5.97.